The number of hydrogen-bond acceptors (Lipinski definition) is 1. The number of halogens is 4. The van der Waals surface area contributed by atoms with Crippen LogP contribution < -0.4 is 5.32 Å². The Morgan fingerprint density at radius 2 is 1.79 bits per heavy atom. The Bertz CT molecular complexity index is 435. The minimum atomic E-state index is -4.32. The summed E-state index contributed by atoms with van der Waals surface area (Å²) in [5, 5.41) is 3.26. The lowest BCUT2D eigenvalue weighted by molar-refractivity contribution is -0.137. The predicted octanol–water partition coefficient (Wildman–Crippen LogP) is 5.16. The van der Waals surface area contributed by atoms with E-state index in [9.17, 15) is 13.2 Å². The highest BCUT2D eigenvalue weighted by atomic mass is 79.9. The fourth-order valence-corrected chi connectivity index (χ4v) is 2.50. The van der Waals surface area contributed by atoms with Crippen LogP contribution in [0.15, 0.2) is 22.7 Å². The van der Waals surface area contributed by atoms with Crippen LogP contribution in [0.1, 0.15) is 44.9 Å². The minimum absolute atomic E-state index is 0.144. The minimum Gasteiger partial charge on any atom is -0.310 e. The van der Waals surface area contributed by atoms with E-state index in [0.29, 0.717) is 16.6 Å². The van der Waals surface area contributed by atoms with E-state index in [1.54, 1.807) is 0 Å². The Hall–Kier alpha value is -0.550. The van der Waals surface area contributed by atoms with Crippen LogP contribution in [0.25, 0.3) is 0 Å². The average Bonchev–Trinajstić information content (AvgIpc) is 2.24. The second kappa shape index (κ2) is 5.83. The molecule has 0 spiro atoms. The summed E-state index contributed by atoms with van der Waals surface area (Å²) in [7, 11) is 0. The zero-order chi connectivity index (χ0) is 14.8. The number of hydrogen-bond donors (Lipinski definition) is 1. The fraction of sp³-hybridized carbons (Fsp3) is 0.571. The first-order valence-corrected chi connectivity index (χ1v) is 6.96. The van der Waals surface area contributed by atoms with E-state index in [4.69, 9.17) is 0 Å². The van der Waals surface area contributed by atoms with Gasteiger partial charge in [-0.15, -0.1) is 0 Å². The van der Waals surface area contributed by atoms with Crippen molar-refractivity contribution in [2.45, 2.75) is 39.9 Å². The molecule has 0 fully saturated rings. The van der Waals surface area contributed by atoms with Gasteiger partial charge >= 0.3 is 6.18 Å². The normalized spacial score (nSPS) is 14.5. The third kappa shape index (κ3) is 4.21. The molecule has 0 aliphatic carbocycles. The second-order valence-electron chi connectivity index (χ2n) is 5.59. The topological polar surface area (TPSA) is 12.0 Å². The van der Waals surface area contributed by atoms with E-state index in [2.05, 4.69) is 21.2 Å². The summed E-state index contributed by atoms with van der Waals surface area (Å²) in [5.41, 5.74) is -0.148. The molecule has 0 amide bonds. The Morgan fingerprint density at radius 3 is 2.21 bits per heavy atom. The van der Waals surface area contributed by atoms with Crippen molar-refractivity contribution < 1.29 is 13.2 Å². The van der Waals surface area contributed by atoms with E-state index in [-0.39, 0.29) is 11.5 Å². The van der Waals surface area contributed by atoms with Crippen LogP contribution >= 0.6 is 15.9 Å². The maximum absolute atomic E-state index is 12.8. The number of nitrogens with one attached hydrogen (secondary N) is 1. The molecule has 0 saturated heterocycles. The first-order valence-electron chi connectivity index (χ1n) is 6.17. The van der Waals surface area contributed by atoms with Crippen molar-refractivity contribution >= 4 is 15.9 Å². The molecule has 0 bridgehead atoms. The molecule has 0 aromatic heterocycles. The Morgan fingerprint density at radius 1 is 1.21 bits per heavy atom. The molecule has 1 unspecified atom stereocenters. The van der Waals surface area contributed by atoms with Crippen molar-refractivity contribution in [3.05, 3.63) is 33.8 Å². The third-order valence-corrected chi connectivity index (χ3v) is 3.63. The number of benzene rings is 1. The standard InChI is InChI=1S/C14H19BrF3N/c1-5-19-12(13(2,3)4)10-8-9(14(16,17)18)6-7-11(10)15/h6-8,12,19H,5H2,1-4H3. The summed E-state index contributed by atoms with van der Waals surface area (Å²) in [4.78, 5) is 0. The molecule has 0 radical (unpaired) electrons. The van der Waals surface area contributed by atoms with Crippen molar-refractivity contribution in [3.8, 4) is 0 Å². The highest BCUT2D eigenvalue weighted by molar-refractivity contribution is 9.10. The largest absolute Gasteiger partial charge is 0.416 e. The lowest BCUT2D eigenvalue weighted by Gasteiger charge is -2.33. The van der Waals surface area contributed by atoms with Gasteiger partial charge in [-0.1, -0.05) is 43.6 Å². The maximum atomic E-state index is 12.8. The van der Waals surface area contributed by atoms with Gasteiger partial charge in [-0.05, 0) is 35.7 Å². The molecule has 1 nitrogen and oxygen atoms in total. The monoisotopic (exact) mass is 337 g/mol. The van der Waals surface area contributed by atoms with Gasteiger partial charge in [0.25, 0.3) is 0 Å². The van der Waals surface area contributed by atoms with Gasteiger partial charge in [0.15, 0.2) is 0 Å². The third-order valence-electron chi connectivity index (χ3n) is 2.91. The molecular weight excluding hydrogens is 319 g/mol. The average molecular weight is 338 g/mol. The zero-order valence-electron chi connectivity index (χ0n) is 11.5. The Balaban J connectivity index is 3.30. The van der Waals surface area contributed by atoms with E-state index in [1.165, 1.54) is 12.1 Å². The van der Waals surface area contributed by atoms with E-state index >= 15 is 0 Å². The molecule has 1 N–H and O–H groups in total. The first-order chi connectivity index (χ1) is 8.57. The van der Waals surface area contributed by atoms with Crippen molar-refractivity contribution in [1.82, 2.24) is 5.32 Å². The molecule has 0 aliphatic heterocycles. The first kappa shape index (κ1) is 16.5. The van der Waals surface area contributed by atoms with E-state index < -0.39 is 11.7 Å². The summed E-state index contributed by atoms with van der Waals surface area (Å²) < 4.78 is 39.1. The molecular formula is C14H19BrF3N. The van der Waals surface area contributed by atoms with Gasteiger partial charge in [0, 0.05) is 10.5 Å². The second-order valence-corrected chi connectivity index (χ2v) is 6.45. The molecule has 1 aromatic carbocycles. The summed E-state index contributed by atoms with van der Waals surface area (Å²) in [6.45, 7) is 8.66. The molecule has 19 heavy (non-hydrogen) atoms. The molecule has 0 heterocycles. The van der Waals surface area contributed by atoms with Gasteiger partial charge in [0.2, 0.25) is 0 Å². The molecule has 1 aromatic rings. The summed E-state index contributed by atoms with van der Waals surface area (Å²) in [6, 6.07) is 3.64. The predicted molar refractivity (Wildman–Crippen MR) is 75.0 cm³/mol. The molecule has 1 atom stereocenters. The van der Waals surface area contributed by atoms with Gasteiger partial charge < -0.3 is 5.32 Å². The highest BCUT2D eigenvalue weighted by Crippen LogP contribution is 2.39. The van der Waals surface area contributed by atoms with Gasteiger partial charge in [-0.2, -0.15) is 13.2 Å². The lowest BCUT2D eigenvalue weighted by atomic mass is 9.82. The number of alkyl halides is 3. The van der Waals surface area contributed by atoms with Crippen molar-refractivity contribution in [2.75, 3.05) is 6.54 Å². The van der Waals surface area contributed by atoms with Crippen LogP contribution in [-0.2, 0) is 6.18 Å². The Labute approximate surface area is 120 Å². The quantitative estimate of drug-likeness (QED) is 0.802. The van der Waals surface area contributed by atoms with Crippen LogP contribution in [0.3, 0.4) is 0 Å². The van der Waals surface area contributed by atoms with Crippen LogP contribution in [-0.4, -0.2) is 6.54 Å². The van der Waals surface area contributed by atoms with Gasteiger partial charge in [-0.25, -0.2) is 0 Å². The van der Waals surface area contributed by atoms with E-state index in [0.717, 1.165) is 6.07 Å². The maximum Gasteiger partial charge on any atom is 0.416 e. The smallest absolute Gasteiger partial charge is 0.310 e. The summed E-state index contributed by atoms with van der Waals surface area (Å²) in [5.74, 6) is 0. The van der Waals surface area contributed by atoms with Crippen LogP contribution in [0.5, 0.6) is 0 Å². The highest BCUT2D eigenvalue weighted by Gasteiger charge is 2.33. The summed E-state index contributed by atoms with van der Waals surface area (Å²) >= 11 is 3.35. The molecule has 0 saturated carbocycles. The van der Waals surface area contributed by atoms with Gasteiger partial charge in [-0.3, -0.25) is 0 Å². The van der Waals surface area contributed by atoms with E-state index in [1.807, 2.05) is 27.7 Å². The van der Waals surface area contributed by atoms with Crippen molar-refractivity contribution in [1.29, 1.82) is 0 Å². The molecule has 0 aliphatic rings. The van der Waals surface area contributed by atoms with Crippen molar-refractivity contribution in [3.63, 3.8) is 0 Å². The van der Waals surface area contributed by atoms with Crippen LogP contribution in [0, 0.1) is 5.41 Å². The SMILES string of the molecule is CCNC(c1cc(C(F)(F)F)ccc1Br)C(C)(C)C. The summed E-state index contributed by atoms with van der Waals surface area (Å²) in [6.07, 6.45) is -4.32. The Kier molecular flexibility index (Phi) is 5.07. The van der Waals surface area contributed by atoms with Crippen LogP contribution in [0.2, 0.25) is 0 Å². The molecule has 108 valence electrons. The fourth-order valence-electron chi connectivity index (χ4n) is 2.03. The lowest BCUT2D eigenvalue weighted by Crippen LogP contribution is -2.32. The van der Waals surface area contributed by atoms with Gasteiger partial charge in [0.1, 0.15) is 0 Å². The van der Waals surface area contributed by atoms with Crippen LogP contribution in [0.4, 0.5) is 13.2 Å². The number of rotatable bonds is 3. The zero-order valence-corrected chi connectivity index (χ0v) is 13.1. The molecule has 1 rings (SSSR count). The van der Waals surface area contributed by atoms with Gasteiger partial charge in [0.05, 0.1) is 5.56 Å². The van der Waals surface area contributed by atoms with Crippen molar-refractivity contribution in [2.24, 2.45) is 5.41 Å². The molecule has 5 heteroatoms.